The zero-order valence-corrected chi connectivity index (χ0v) is 12.7. The van der Waals surface area contributed by atoms with Gasteiger partial charge in [0.05, 0.1) is 30.5 Å². The fourth-order valence-corrected chi connectivity index (χ4v) is 2.15. The van der Waals surface area contributed by atoms with Crippen LogP contribution in [-0.4, -0.2) is 24.3 Å². The fourth-order valence-electron chi connectivity index (χ4n) is 2.15. The highest BCUT2D eigenvalue weighted by atomic mass is 16.5. The van der Waals surface area contributed by atoms with Crippen LogP contribution in [-0.2, 0) is 4.74 Å². The third kappa shape index (κ3) is 2.81. The minimum absolute atomic E-state index is 0.0340. The molecule has 2 N–H and O–H groups in total. The average molecular weight is 310 g/mol. The molecule has 2 rings (SSSR count). The SMILES string of the molecule is CCOc1ccc(-n2cc(C#N)c(N)c2C(=O)OC)cc1C#N. The Kier molecular flexibility index (Phi) is 4.53. The predicted octanol–water partition coefficient (Wildman–Crippen LogP) is 1.99. The molecule has 0 aliphatic rings. The molecule has 0 atom stereocenters. The van der Waals surface area contributed by atoms with E-state index in [1.807, 2.05) is 19.1 Å². The second-order valence-corrected chi connectivity index (χ2v) is 4.50. The molecule has 1 heterocycles. The summed E-state index contributed by atoms with van der Waals surface area (Å²) in [6.07, 6.45) is 1.43. The molecule has 0 unspecified atom stereocenters. The highest BCUT2D eigenvalue weighted by molar-refractivity contribution is 5.96. The van der Waals surface area contributed by atoms with Gasteiger partial charge in [-0.05, 0) is 25.1 Å². The number of nitrogens with zero attached hydrogens (tertiary/aromatic N) is 3. The van der Waals surface area contributed by atoms with Crippen molar-refractivity contribution in [3.63, 3.8) is 0 Å². The van der Waals surface area contributed by atoms with Crippen molar-refractivity contribution in [1.29, 1.82) is 10.5 Å². The minimum Gasteiger partial charge on any atom is -0.492 e. The number of aromatic nitrogens is 1. The van der Waals surface area contributed by atoms with E-state index >= 15 is 0 Å². The van der Waals surface area contributed by atoms with Crippen LogP contribution in [0.4, 0.5) is 5.69 Å². The van der Waals surface area contributed by atoms with Crippen molar-refractivity contribution in [3.05, 3.63) is 41.2 Å². The lowest BCUT2D eigenvalue weighted by molar-refractivity contribution is 0.0593. The Morgan fingerprint density at radius 2 is 2.00 bits per heavy atom. The number of ether oxygens (including phenoxy) is 2. The average Bonchev–Trinajstić information content (AvgIpc) is 2.91. The number of nitrogen functional groups attached to an aromatic ring is 1. The zero-order chi connectivity index (χ0) is 17.0. The third-order valence-corrected chi connectivity index (χ3v) is 3.21. The molecule has 0 fully saturated rings. The summed E-state index contributed by atoms with van der Waals surface area (Å²) in [4.78, 5) is 12.0. The lowest BCUT2D eigenvalue weighted by atomic mass is 10.2. The molecule has 0 aliphatic carbocycles. The number of rotatable bonds is 4. The molecule has 116 valence electrons. The van der Waals surface area contributed by atoms with Crippen molar-refractivity contribution >= 4 is 11.7 Å². The van der Waals surface area contributed by atoms with Crippen molar-refractivity contribution in [2.24, 2.45) is 0 Å². The van der Waals surface area contributed by atoms with Crippen LogP contribution in [0.2, 0.25) is 0 Å². The van der Waals surface area contributed by atoms with E-state index in [9.17, 15) is 10.1 Å². The Balaban J connectivity index is 2.65. The molecule has 0 spiro atoms. The van der Waals surface area contributed by atoms with Crippen LogP contribution < -0.4 is 10.5 Å². The van der Waals surface area contributed by atoms with Crippen LogP contribution in [0.25, 0.3) is 5.69 Å². The van der Waals surface area contributed by atoms with Gasteiger partial charge in [-0.3, -0.25) is 0 Å². The van der Waals surface area contributed by atoms with E-state index in [1.165, 1.54) is 17.9 Å². The van der Waals surface area contributed by atoms with Crippen LogP contribution >= 0.6 is 0 Å². The Morgan fingerprint density at radius 1 is 1.30 bits per heavy atom. The van der Waals surface area contributed by atoms with Crippen LogP contribution in [0.5, 0.6) is 5.75 Å². The van der Waals surface area contributed by atoms with Crippen LogP contribution in [0.1, 0.15) is 28.5 Å². The molecule has 0 radical (unpaired) electrons. The molecule has 0 amide bonds. The predicted molar refractivity (Wildman–Crippen MR) is 82.1 cm³/mol. The van der Waals surface area contributed by atoms with Crippen molar-refractivity contribution in [3.8, 4) is 23.6 Å². The minimum atomic E-state index is -0.670. The number of carbonyl (C=O) groups excluding carboxylic acids is 1. The quantitative estimate of drug-likeness (QED) is 0.864. The first-order valence-corrected chi connectivity index (χ1v) is 6.73. The van der Waals surface area contributed by atoms with Gasteiger partial charge in [0.25, 0.3) is 0 Å². The van der Waals surface area contributed by atoms with Crippen molar-refractivity contribution < 1.29 is 14.3 Å². The Hall–Kier alpha value is -3.45. The fraction of sp³-hybridized carbons (Fsp3) is 0.188. The van der Waals surface area contributed by atoms with E-state index < -0.39 is 5.97 Å². The van der Waals surface area contributed by atoms with Gasteiger partial charge in [0.1, 0.15) is 17.9 Å². The topological polar surface area (TPSA) is 114 Å². The van der Waals surface area contributed by atoms with Crippen molar-refractivity contribution in [2.45, 2.75) is 6.92 Å². The van der Waals surface area contributed by atoms with E-state index in [1.54, 1.807) is 18.2 Å². The standard InChI is InChI=1S/C16H14N4O3/c1-3-23-13-5-4-12(6-10(13)7-17)20-9-11(8-18)14(19)15(20)16(21)22-2/h4-6,9H,3,19H2,1-2H3. The van der Waals surface area contributed by atoms with Gasteiger partial charge >= 0.3 is 5.97 Å². The molecule has 1 aromatic heterocycles. The summed E-state index contributed by atoms with van der Waals surface area (Å²) in [5.74, 6) is -0.226. The number of benzene rings is 1. The number of carbonyl (C=O) groups is 1. The Labute approximate surface area is 133 Å². The summed E-state index contributed by atoms with van der Waals surface area (Å²) in [6, 6.07) is 8.80. The maximum absolute atomic E-state index is 12.0. The van der Waals surface area contributed by atoms with Crippen LogP contribution in [0.15, 0.2) is 24.4 Å². The highest BCUT2D eigenvalue weighted by Gasteiger charge is 2.22. The highest BCUT2D eigenvalue weighted by Crippen LogP contribution is 2.27. The van der Waals surface area contributed by atoms with Crippen molar-refractivity contribution in [2.75, 3.05) is 19.5 Å². The number of methoxy groups -OCH3 is 1. The van der Waals surface area contributed by atoms with E-state index in [4.69, 9.17) is 20.5 Å². The molecule has 7 heteroatoms. The van der Waals surface area contributed by atoms with E-state index in [-0.39, 0.29) is 16.9 Å². The maximum atomic E-state index is 12.0. The summed E-state index contributed by atoms with van der Waals surface area (Å²) in [5, 5.41) is 18.3. The van der Waals surface area contributed by atoms with Gasteiger partial charge in [0.15, 0.2) is 5.69 Å². The van der Waals surface area contributed by atoms with Crippen molar-refractivity contribution in [1.82, 2.24) is 4.57 Å². The molecule has 23 heavy (non-hydrogen) atoms. The number of hydrogen-bond acceptors (Lipinski definition) is 6. The van der Waals surface area contributed by atoms with E-state index in [0.717, 1.165) is 0 Å². The van der Waals surface area contributed by atoms with E-state index in [2.05, 4.69) is 0 Å². The van der Waals surface area contributed by atoms with Gasteiger partial charge in [0, 0.05) is 11.9 Å². The zero-order valence-electron chi connectivity index (χ0n) is 12.7. The molecule has 0 saturated carbocycles. The number of hydrogen-bond donors (Lipinski definition) is 1. The van der Waals surface area contributed by atoms with Gasteiger partial charge in [-0.2, -0.15) is 10.5 Å². The first-order chi connectivity index (χ1) is 11.1. The molecular weight excluding hydrogens is 296 g/mol. The molecule has 0 bridgehead atoms. The molecule has 2 aromatic rings. The second-order valence-electron chi connectivity index (χ2n) is 4.50. The molecule has 1 aromatic carbocycles. The third-order valence-electron chi connectivity index (χ3n) is 3.21. The Morgan fingerprint density at radius 3 is 2.57 bits per heavy atom. The molecule has 7 nitrogen and oxygen atoms in total. The normalized spacial score (nSPS) is 9.74. The van der Waals surface area contributed by atoms with Gasteiger partial charge in [-0.1, -0.05) is 0 Å². The maximum Gasteiger partial charge on any atom is 0.357 e. The lowest BCUT2D eigenvalue weighted by Crippen LogP contribution is -2.11. The monoisotopic (exact) mass is 310 g/mol. The van der Waals surface area contributed by atoms with Gasteiger partial charge in [0.2, 0.25) is 0 Å². The van der Waals surface area contributed by atoms with Gasteiger partial charge < -0.3 is 19.8 Å². The summed E-state index contributed by atoms with van der Waals surface area (Å²) < 4.78 is 11.5. The summed E-state index contributed by atoms with van der Waals surface area (Å²) in [7, 11) is 1.23. The Bertz CT molecular complexity index is 840. The van der Waals surface area contributed by atoms with Gasteiger partial charge in [-0.25, -0.2) is 4.79 Å². The number of nitrogens with two attached hydrogens (primary N) is 1. The smallest absolute Gasteiger partial charge is 0.357 e. The summed E-state index contributed by atoms with van der Waals surface area (Å²) >= 11 is 0. The first-order valence-electron chi connectivity index (χ1n) is 6.73. The molecular formula is C16H14N4O3. The molecule has 0 aliphatic heterocycles. The first kappa shape index (κ1) is 15.9. The summed E-state index contributed by atoms with van der Waals surface area (Å²) in [5.41, 5.74) is 6.88. The van der Waals surface area contributed by atoms with Gasteiger partial charge in [-0.15, -0.1) is 0 Å². The number of esters is 1. The molecule has 0 saturated heterocycles. The summed E-state index contributed by atoms with van der Waals surface area (Å²) in [6.45, 7) is 2.24. The lowest BCUT2D eigenvalue weighted by Gasteiger charge is -2.11. The number of nitriles is 2. The number of anilines is 1. The largest absolute Gasteiger partial charge is 0.492 e. The van der Waals surface area contributed by atoms with Crippen LogP contribution in [0.3, 0.4) is 0 Å². The van der Waals surface area contributed by atoms with E-state index in [0.29, 0.717) is 23.6 Å². The van der Waals surface area contributed by atoms with Crippen LogP contribution in [0, 0.1) is 22.7 Å². The second kappa shape index (κ2) is 6.54.